The maximum atomic E-state index is 6.16. The lowest BCUT2D eigenvalue weighted by Gasteiger charge is -2.25. The van der Waals surface area contributed by atoms with Crippen LogP contribution in [-0.2, 0) is 0 Å². The van der Waals surface area contributed by atoms with E-state index in [0.29, 0.717) is 16.5 Å². The standard InChI is InChI=1S/C18H8B5BrO/c19-14-13(15(20)17(22)18(23)16(14)21)7-1-3-9-10-4-2-8(24)6-12(10)25-11(9)5-7/h1-6,9,11H. The maximum Gasteiger partial charge on any atom is 0.128 e. The van der Waals surface area contributed by atoms with E-state index in [1.807, 2.05) is 24.3 Å². The Morgan fingerprint density at radius 2 is 1.52 bits per heavy atom. The van der Waals surface area contributed by atoms with E-state index in [1.165, 1.54) is 0 Å². The number of fused-ring (bicyclic) bond motifs is 3. The number of halogens is 1. The molecule has 0 saturated carbocycles. The minimum Gasteiger partial charge on any atom is -0.485 e. The number of hydrogen-bond acceptors (Lipinski definition) is 1. The van der Waals surface area contributed by atoms with Gasteiger partial charge in [0.25, 0.3) is 0 Å². The van der Waals surface area contributed by atoms with E-state index in [4.69, 9.17) is 44.0 Å². The van der Waals surface area contributed by atoms with Crippen LogP contribution in [-0.4, -0.2) is 45.3 Å². The van der Waals surface area contributed by atoms with Crippen LogP contribution in [0.2, 0.25) is 0 Å². The monoisotopic (exact) mass is 374 g/mol. The van der Waals surface area contributed by atoms with Gasteiger partial charge in [-0.1, -0.05) is 45.1 Å². The molecule has 1 aliphatic heterocycles. The summed E-state index contributed by atoms with van der Waals surface area (Å²) >= 11 is 3.47. The first-order valence-corrected chi connectivity index (χ1v) is 8.55. The van der Waals surface area contributed by atoms with E-state index in [9.17, 15) is 0 Å². The average Bonchev–Trinajstić information content (AvgIpc) is 2.95. The molecule has 2 atom stereocenters. The van der Waals surface area contributed by atoms with Gasteiger partial charge in [-0.25, -0.2) is 0 Å². The maximum absolute atomic E-state index is 6.16. The van der Waals surface area contributed by atoms with E-state index in [-0.39, 0.29) is 28.4 Å². The molecule has 10 radical (unpaired) electrons. The molecule has 0 aromatic heterocycles. The van der Waals surface area contributed by atoms with Crippen LogP contribution in [0.4, 0.5) is 0 Å². The SMILES string of the molecule is [B]c1c([B])c([B])c(C2=CC3Oc4cc(Br)ccc4C3C=C2)c([B])c1[B]. The molecule has 2 aromatic rings. The number of ether oxygens (including phenoxy) is 1. The van der Waals surface area contributed by atoms with E-state index in [0.717, 1.165) is 21.4 Å². The van der Waals surface area contributed by atoms with Crippen LogP contribution in [0.5, 0.6) is 5.75 Å². The van der Waals surface area contributed by atoms with Crippen molar-refractivity contribution in [3.63, 3.8) is 0 Å². The van der Waals surface area contributed by atoms with E-state index >= 15 is 0 Å². The van der Waals surface area contributed by atoms with Crippen LogP contribution in [0.15, 0.2) is 40.9 Å². The van der Waals surface area contributed by atoms with Gasteiger partial charge in [-0.2, -0.15) is 0 Å². The van der Waals surface area contributed by atoms with Crippen molar-refractivity contribution in [2.75, 3.05) is 0 Å². The zero-order valence-corrected chi connectivity index (χ0v) is 14.9. The lowest BCUT2D eigenvalue weighted by Crippen LogP contribution is -2.56. The van der Waals surface area contributed by atoms with Crippen molar-refractivity contribution in [2.45, 2.75) is 12.0 Å². The molecule has 1 aliphatic carbocycles. The lowest BCUT2D eigenvalue weighted by atomic mass is 9.59. The van der Waals surface area contributed by atoms with Crippen molar-refractivity contribution in [1.82, 2.24) is 0 Å². The molecule has 25 heavy (non-hydrogen) atoms. The molecule has 1 nitrogen and oxygen atoms in total. The molecule has 108 valence electrons. The summed E-state index contributed by atoms with van der Waals surface area (Å²) in [5, 5.41) is 0. The van der Waals surface area contributed by atoms with Crippen molar-refractivity contribution < 1.29 is 4.74 Å². The highest BCUT2D eigenvalue weighted by molar-refractivity contribution is 9.10. The molecule has 0 spiro atoms. The van der Waals surface area contributed by atoms with Crippen LogP contribution in [0.3, 0.4) is 0 Å². The topological polar surface area (TPSA) is 9.23 Å². The highest BCUT2D eigenvalue weighted by Gasteiger charge is 2.33. The van der Waals surface area contributed by atoms with Gasteiger partial charge in [-0.05, 0) is 29.3 Å². The van der Waals surface area contributed by atoms with Crippen molar-refractivity contribution >= 4 is 88.0 Å². The second-order valence-corrected chi connectivity index (χ2v) is 7.13. The van der Waals surface area contributed by atoms with Gasteiger partial charge in [0.05, 0.1) is 0 Å². The molecule has 0 saturated heterocycles. The minimum atomic E-state index is -0.136. The fraction of sp³-hybridized carbons (Fsp3) is 0.111. The first-order valence-electron chi connectivity index (χ1n) is 7.76. The largest absolute Gasteiger partial charge is 0.485 e. The minimum absolute atomic E-state index is 0.136. The summed E-state index contributed by atoms with van der Waals surface area (Å²) in [6, 6.07) is 6.04. The smallest absolute Gasteiger partial charge is 0.128 e. The number of hydrogen-bond donors (Lipinski definition) is 0. The molecule has 2 aliphatic rings. The third-order valence-electron chi connectivity index (χ3n) is 4.77. The number of benzene rings is 2. The van der Waals surface area contributed by atoms with Gasteiger partial charge >= 0.3 is 0 Å². The molecule has 0 amide bonds. The molecule has 1 heterocycles. The highest BCUT2D eigenvalue weighted by atomic mass is 79.9. The first kappa shape index (κ1) is 17.0. The summed E-state index contributed by atoms with van der Waals surface area (Å²) in [5.41, 5.74) is 3.94. The van der Waals surface area contributed by atoms with E-state index in [2.05, 4.69) is 28.1 Å². The van der Waals surface area contributed by atoms with Crippen molar-refractivity contribution in [2.24, 2.45) is 0 Å². The van der Waals surface area contributed by atoms with Crippen LogP contribution in [0.1, 0.15) is 17.0 Å². The summed E-state index contributed by atoms with van der Waals surface area (Å²) < 4.78 is 7.06. The van der Waals surface area contributed by atoms with Gasteiger partial charge in [0, 0.05) is 16.0 Å². The summed E-state index contributed by atoms with van der Waals surface area (Å²) in [7, 11) is 30.1. The van der Waals surface area contributed by atoms with Crippen LogP contribution in [0, 0.1) is 0 Å². The Labute approximate surface area is 162 Å². The number of allylic oxidation sites excluding steroid dienone is 2. The third-order valence-corrected chi connectivity index (χ3v) is 5.26. The lowest BCUT2D eigenvalue weighted by molar-refractivity contribution is 0.269. The Hall–Kier alpha value is -1.48. The van der Waals surface area contributed by atoms with E-state index in [1.54, 1.807) is 0 Å². The zero-order chi connectivity index (χ0) is 17.9. The summed E-state index contributed by atoms with van der Waals surface area (Å²) in [6.45, 7) is 0. The molecule has 2 aromatic carbocycles. The molecule has 2 unspecified atom stereocenters. The molecule has 0 fully saturated rings. The summed E-state index contributed by atoms with van der Waals surface area (Å²) in [5.74, 6) is 1.02. The van der Waals surface area contributed by atoms with E-state index < -0.39 is 0 Å². The highest BCUT2D eigenvalue weighted by Crippen LogP contribution is 2.43. The Morgan fingerprint density at radius 3 is 2.20 bits per heavy atom. The van der Waals surface area contributed by atoms with Gasteiger partial charge < -0.3 is 4.74 Å². The predicted octanol–water partition coefficient (Wildman–Crippen LogP) is -1.08. The predicted molar refractivity (Wildman–Crippen MR) is 112 cm³/mol. The fourth-order valence-electron chi connectivity index (χ4n) is 3.40. The Bertz CT molecular complexity index is 937. The van der Waals surface area contributed by atoms with Gasteiger partial charge in [-0.3, -0.25) is 0 Å². The fourth-order valence-corrected chi connectivity index (χ4v) is 3.74. The second-order valence-electron chi connectivity index (χ2n) is 6.21. The van der Waals surface area contributed by atoms with Gasteiger partial charge in [0.1, 0.15) is 51.1 Å². The molecular formula is C18H8B5BrO. The Balaban J connectivity index is 1.79. The average molecular weight is 374 g/mol. The molecule has 7 heteroatoms. The molecule has 4 rings (SSSR count). The van der Waals surface area contributed by atoms with Gasteiger partial charge in [-0.15, -0.1) is 16.4 Å². The Morgan fingerprint density at radius 1 is 0.880 bits per heavy atom. The second kappa shape index (κ2) is 6.05. The Kier molecular flexibility index (Phi) is 4.11. The summed E-state index contributed by atoms with van der Waals surface area (Å²) in [6.07, 6.45) is 5.92. The quantitative estimate of drug-likeness (QED) is 0.577. The molecule has 0 bridgehead atoms. The third kappa shape index (κ3) is 2.59. The normalized spacial score (nSPS) is 20.6. The zero-order valence-electron chi connectivity index (χ0n) is 13.3. The first-order chi connectivity index (χ1) is 11.9. The molecular weight excluding hydrogens is 366 g/mol. The summed E-state index contributed by atoms with van der Waals surface area (Å²) in [4.78, 5) is 0. The van der Waals surface area contributed by atoms with Crippen LogP contribution in [0.25, 0.3) is 5.57 Å². The van der Waals surface area contributed by atoms with Crippen LogP contribution >= 0.6 is 15.9 Å². The van der Waals surface area contributed by atoms with Crippen LogP contribution < -0.4 is 32.1 Å². The van der Waals surface area contributed by atoms with Gasteiger partial charge in [0.15, 0.2) is 0 Å². The van der Waals surface area contributed by atoms with Crippen molar-refractivity contribution in [1.29, 1.82) is 0 Å². The van der Waals surface area contributed by atoms with Crippen molar-refractivity contribution in [3.8, 4) is 5.75 Å². The van der Waals surface area contributed by atoms with Crippen molar-refractivity contribution in [3.05, 3.63) is 52.0 Å². The number of rotatable bonds is 1. The molecule has 0 N–H and O–H groups in total. The van der Waals surface area contributed by atoms with Gasteiger partial charge in [0.2, 0.25) is 0 Å².